The number of H-pyrrole nitrogens is 1. The van der Waals surface area contributed by atoms with E-state index in [1.165, 1.54) is 4.57 Å². The average Bonchev–Trinajstić information content (AvgIpc) is 3.12. The predicted octanol–water partition coefficient (Wildman–Crippen LogP) is 1.23. The number of rotatable bonds is 5. The number of carbonyl (C=O) groups is 1. The molecule has 31 heavy (non-hydrogen) atoms. The quantitative estimate of drug-likeness (QED) is 0.665. The van der Waals surface area contributed by atoms with Crippen molar-refractivity contribution in [3.63, 3.8) is 0 Å². The van der Waals surface area contributed by atoms with E-state index in [2.05, 4.69) is 16.0 Å². The summed E-state index contributed by atoms with van der Waals surface area (Å²) >= 11 is 0. The number of aryl methyl sites for hydroxylation is 2. The third-order valence-electron chi connectivity index (χ3n) is 5.79. The molecule has 0 bridgehead atoms. The number of nitrogens with zero attached hydrogens (tertiary/aromatic N) is 5. The third kappa shape index (κ3) is 3.99. The first-order valence-corrected chi connectivity index (χ1v) is 10.7. The number of piperazine rings is 1. The third-order valence-corrected chi connectivity index (χ3v) is 5.79. The second kappa shape index (κ2) is 8.41. The van der Waals surface area contributed by atoms with Crippen LogP contribution in [0.4, 0.5) is 5.95 Å². The van der Waals surface area contributed by atoms with Crippen molar-refractivity contribution in [3.05, 3.63) is 56.2 Å². The first kappa shape index (κ1) is 20.9. The topological polar surface area (TPSA) is 96.2 Å². The largest absolute Gasteiger partial charge is 0.339 e. The molecule has 1 aliphatic rings. The highest BCUT2D eigenvalue weighted by molar-refractivity contribution is 5.77. The minimum atomic E-state index is -0.487. The van der Waals surface area contributed by atoms with Crippen molar-refractivity contribution in [1.29, 1.82) is 0 Å². The Morgan fingerprint density at radius 2 is 1.90 bits per heavy atom. The lowest BCUT2D eigenvalue weighted by Gasteiger charge is -2.35. The molecule has 164 valence electrons. The molecule has 9 heteroatoms. The fourth-order valence-electron chi connectivity index (χ4n) is 4.14. The number of fused-ring (bicyclic) bond motifs is 1. The van der Waals surface area contributed by atoms with Crippen molar-refractivity contribution in [2.45, 2.75) is 33.2 Å². The first-order valence-electron chi connectivity index (χ1n) is 10.7. The van der Waals surface area contributed by atoms with Crippen LogP contribution in [-0.4, -0.2) is 56.1 Å². The van der Waals surface area contributed by atoms with Crippen LogP contribution in [0.3, 0.4) is 0 Å². The summed E-state index contributed by atoms with van der Waals surface area (Å²) in [6, 6.07) is 8.11. The molecular weight excluding hydrogens is 396 g/mol. The van der Waals surface area contributed by atoms with E-state index < -0.39 is 11.2 Å². The highest BCUT2D eigenvalue weighted by atomic mass is 16.2. The zero-order valence-corrected chi connectivity index (χ0v) is 18.2. The summed E-state index contributed by atoms with van der Waals surface area (Å²) in [5.74, 6) is 0.819. The Hall–Kier alpha value is -3.36. The van der Waals surface area contributed by atoms with Gasteiger partial charge in [0.05, 0.1) is 6.54 Å². The predicted molar refractivity (Wildman–Crippen MR) is 120 cm³/mol. The number of hydrogen-bond acceptors (Lipinski definition) is 5. The van der Waals surface area contributed by atoms with Gasteiger partial charge >= 0.3 is 5.69 Å². The highest BCUT2D eigenvalue weighted by Gasteiger charge is 2.26. The second-order valence-corrected chi connectivity index (χ2v) is 8.10. The van der Waals surface area contributed by atoms with Gasteiger partial charge in [-0.2, -0.15) is 4.98 Å². The fraction of sp³-hybridized carbons (Fsp3) is 0.455. The van der Waals surface area contributed by atoms with Crippen molar-refractivity contribution in [3.8, 4) is 0 Å². The Morgan fingerprint density at radius 3 is 2.58 bits per heavy atom. The molecule has 1 aliphatic heterocycles. The summed E-state index contributed by atoms with van der Waals surface area (Å²) in [6.07, 6.45) is 1.39. The number of anilines is 1. The maximum Gasteiger partial charge on any atom is 0.329 e. The van der Waals surface area contributed by atoms with Gasteiger partial charge in [0.1, 0.15) is 0 Å². The number of carbonyl (C=O) groups excluding carboxylic acids is 1. The molecule has 3 heterocycles. The minimum Gasteiger partial charge on any atom is -0.339 e. The second-order valence-electron chi connectivity index (χ2n) is 8.10. The zero-order valence-electron chi connectivity index (χ0n) is 18.2. The smallest absolute Gasteiger partial charge is 0.329 e. The Labute approximate surface area is 179 Å². The average molecular weight is 425 g/mol. The van der Waals surface area contributed by atoms with Crippen LogP contribution in [0, 0.1) is 6.92 Å². The molecule has 0 spiro atoms. The molecule has 1 amide bonds. The Kier molecular flexibility index (Phi) is 5.67. The van der Waals surface area contributed by atoms with Crippen LogP contribution >= 0.6 is 0 Å². The number of imidazole rings is 1. The highest BCUT2D eigenvalue weighted by Crippen LogP contribution is 2.23. The van der Waals surface area contributed by atoms with Gasteiger partial charge in [-0.25, -0.2) is 4.79 Å². The molecule has 0 saturated carbocycles. The van der Waals surface area contributed by atoms with Gasteiger partial charge in [-0.1, -0.05) is 36.8 Å². The minimum absolute atomic E-state index is 0.175. The van der Waals surface area contributed by atoms with Crippen molar-refractivity contribution >= 4 is 23.0 Å². The van der Waals surface area contributed by atoms with Crippen molar-refractivity contribution in [2.75, 3.05) is 31.1 Å². The zero-order chi connectivity index (χ0) is 22.1. The molecule has 3 aromatic rings. The summed E-state index contributed by atoms with van der Waals surface area (Å²) in [7, 11) is 1.61. The van der Waals surface area contributed by atoms with Gasteiger partial charge in [-0.3, -0.25) is 23.7 Å². The Bertz CT molecular complexity index is 1230. The number of amides is 1. The molecule has 4 rings (SSSR count). The molecule has 1 fully saturated rings. The van der Waals surface area contributed by atoms with Gasteiger partial charge in [-0.05, 0) is 18.9 Å². The number of aromatic amines is 1. The van der Waals surface area contributed by atoms with Crippen LogP contribution in [0.15, 0.2) is 33.9 Å². The maximum atomic E-state index is 12.7. The number of aromatic nitrogens is 4. The van der Waals surface area contributed by atoms with E-state index in [9.17, 15) is 14.4 Å². The molecule has 9 nitrogen and oxygen atoms in total. The molecule has 1 aromatic carbocycles. The molecule has 1 N–H and O–H groups in total. The lowest BCUT2D eigenvalue weighted by Crippen LogP contribution is -2.49. The van der Waals surface area contributed by atoms with Crippen molar-refractivity contribution < 1.29 is 4.79 Å². The molecule has 0 radical (unpaired) electrons. The van der Waals surface area contributed by atoms with Crippen LogP contribution in [0.2, 0.25) is 0 Å². The van der Waals surface area contributed by atoms with Crippen molar-refractivity contribution in [1.82, 2.24) is 24.0 Å². The van der Waals surface area contributed by atoms with E-state index in [1.807, 2.05) is 41.5 Å². The SMILES string of the molecule is CCCC(=O)N1CCN(c2nc3c(c(=O)[nH]c(=O)n3C)n2Cc2cccc(C)c2)CC1. The lowest BCUT2D eigenvalue weighted by atomic mass is 10.1. The van der Waals surface area contributed by atoms with Gasteiger partial charge in [0.2, 0.25) is 11.9 Å². The number of hydrogen-bond donors (Lipinski definition) is 1. The molecule has 0 unspecified atom stereocenters. The number of nitrogens with one attached hydrogen (secondary N) is 1. The van der Waals surface area contributed by atoms with E-state index in [4.69, 9.17) is 4.98 Å². The van der Waals surface area contributed by atoms with Crippen LogP contribution in [-0.2, 0) is 18.4 Å². The van der Waals surface area contributed by atoms with Crippen LogP contribution < -0.4 is 16.1 Å². The maximum absolute atomic E-state index is 12.7. The van der Waals surface area contributed by atoms with Gasteiger partial charge in [0, 0.05) is 39.6 Å². The molecule has 0 atom stereocenters. The van der Waals surface area contributed by atoms with E-state index in [-0.39, 0.29) is 5.91 Å². The van der Waals surface area contributed by atoms with Crippen LogP contribution in [0.25, 0.3) is 11.2 Å². The van der Waals surface area contributed by atoms with Gasteiger partial charge in [0.15, 0.2) is 11.2 Å². The number of benzene rings is 1. The van der Waals surface area contributed by atoms with Gasteiger partial charge < -0.3 is 9.80 Å². The van der Waals surface area contributed by atoms with Crippen molar-refractivity contribution in [2.24, 2.45) is 7.05 Å². The van der Waals surface area contributed by atoms with Crippen LogP contribution in [0.1, 0.15) is 30.9 Å². The molecule has 1 saturated heterocycles. The standard InChI is InChI=1S/C22H28N6O3/c1-4-6-17(29)26-9-11-27(12-10-26)21-23-19-18(20(30)24-22(31)25(19)3)28(21)14-16-8-5-7-15(2)13-16/h5,7-8,13H,4,6,9-12,14H2,1-3H3,(H,24,30,31). The van der Waals surface area contributed by atoms with E-state index >= 15 is 0 Å². The monoisotopic (exact) mass is 424 g/mol. The summed E-state index contributed by atoms with van der Waals surface area (Å²) < 4.78 is 3.25. The van der Waals surface area contributed by atoms with Crippen LogP contribution in [0.5, 0.6) is 0 Å². The van der Waals surface area contributed by atoms with E-state index in [0.717, 1.165) is 17.5 Å². The summed E-state index contributed by atoms with van der Waals surface area (Å²) in [5, 5.41) is 0. The summed E-state index contributed by atoms with van der Waals surface area (Å²) in [4.78, 5) is 48.2. The molecule has 2 aromatic heterocycles. The summed E-state index contributed by atoms with van der Waals surface area (Å²) in [5.41, 5.74) is 1.99. The van der Waals surface area contributed by atoms with Gasteiger partial charge in [0.25, 0.3) is 5.56 Å². The first-order chi connectivity index (χ1) is 14.9. The molecular formula is C22H28N6O3. The van der Waals surface area contributed by atoms with E-state index in [0.29, 0.717) is 56.3 Å². The fourth-order valence-corrected chi connectivity index (χ4v) is 4.14. The summed E-state index contributed by atoms with van der Waals surface area (Å²) in [6.45, 7) is 6.97. The van der Waals surface area contributed by atoms with E-state index in [1.54, 1.807) is 7.05 Å². The normalized spacial score (nSPS) is 14.4. The molecule has 0 aliphatic carbocycles. The lowest BCUT2D eigenvalue weighted by molar-refractivity contribution is -0.131. The van der Waals surface area contributed by atoms with Gasteiger partial charge in [-0.15, -0.1) is 0 Å². The Balaban J connectivity index is 1.75. The Morgan fingerprint density at radius 1 is 1.16 bits per heavy atom.